The molecule has 190 valence electrons. The van der Waals surface area contributed by atoms with Crippen molar-refractivity contribution in [1.29, 1.82) is 0 Å². The average Bonchev–Trinajstić information content (AvgIpc) is 2.73. The second kappa shape index (κ2) is 22.8. The number of halogens is 3. The highest BCUT2D eigenvalue weighted by Crippen LogP contribution is 2.26. The maximum atomic E-state index is 10.8. The van der Waals surface area contributed by atoms with Crippen LogP contribution in [0.1, 0.15) is 131 Å². The topological polar surface area (TPSA) is 27.7 Å². The van der Waals surface area contributed by atoms with Gasteiger partial charge in [0.2, 0.25) is 0 Å². The standard InChI is InChI=1S/C22H46O3.C3H5F3/c1-5-9-13-14-15-16-17-18-22(23-19-10-6-2,24-20-11-7-3)25-21-12-8-4;1-2-3(4,5)6/h5-21H2,1-4H3;2H2,1H3. The number of ether oxygens (including phenoxy) is 3. The molecule has 0 aromatic carbocycles. The molecule has 0 radical (unpaired) electrons. The van der Waals surface area contributed by atoms with Gasteiger partial charge in [-0.05, 0) is 25.7 Å². The predicted molar refractivity (Wildman–Crippen MR) is 124 cm³/mol. The summed E-state index contributed by atoms with van der Waals surface area (Å²) in [5.41, 5.74) is 0. The van der Waals surface area contributed by atoms with Crippen molar-refractivity contribution in [2.75, 3.05) is 19.8 Å². The van der Waals surface area contributed by atoms with Crippen LogP contribution in [0.5, 0.6) is 0 Å². The van der Waals surface area contributed by atoms with Crippen molar-refractivity contribution in [3.05, 3.63) is 0 Å². The molecule has 0 N–H and O–H groups in total. The molecule has 0 saturated carbocycles. The van der Waals surface area contributed by atoms with E-state index in [0.29, 0.717) is 0 Å². The smallest absolute Gasteiger partial charge is 0.327 e. The van der Waals surface area contributed by atoms with Crippen LogP contribution < -0.4 is 0 Å². The van der Waals surface area contributed by atoms with Crippen LogP contribution in [-0.2, 0) is 14.2 Å². The third kappa shape index (κ3) is 24.1. The average molecular weight is 457 g/mol. The largest absolute Gasteiger partial charge is 0.388 e. The quantitative estimate of drug-likeness (QED) is 0.135. The molecule has 0 atom stereocenters. The first-order valence-corrected chi connectivity index (χ1v) is 12.8. The fourth-order valence-electron chi connectivity index (χ4n) is 2.76. The molecule has 6 heteroatoms. The SMILES string of the molecule is CCC(F)(F)F.CCCCCCCCCC(OCCCC)(OCCCC)OCCCC. The molecule has 0 amide bonds. The lowest BCUT2D eigenvalue weighted by atomic mass is 10.1. The number of alkyl halides is 3. The van der Waals surface area contributed by atoms with Crippen molar-refractivity contribution in [1.82, 2.24) is 0 Å². The molecular weight excluding hydrogens is 405 g/mol. The maximum Gasteiger partial charge on any atom is 0.388 e. The Balaban J connectivity index is 0. The summed E-state index contributed by atoms with van der Waals surface area (Å²) < 4.78 is 50.8. The van der Waals surface area contributed by atoms with Gasteiger partial charge in [0.1, 0.15) is 0 Å². The van der Waals surface area contributed by atoms with Crippen LogP contribution in [0.2, 0.25) is 0 Å². The molecule has 0 unspecified atom stereocenters. The lowest BCUT2D eigenvalue weighted by molar-refractivity contribution is -0.384. The van der Waals surface area contributed by atoms with Crippen LogP contribution in [0.4, 0.5) is 13.2 Å². The first kappa shape index (κ1) is 32.8. The Bertz CT molecular complexity index is 323. The minimum atomic E-state index is -3.96. The first-order valence-electron chi connectivity index (χ1n) is 12.8. The van der Waals surface area contributed by atoms with E-state index in [1.54, 1.807) is 0 Å². The van der Waals surface area contributed by atoms with E-state index in [4.69, 9.17) is 14.2 Å². The predicted octanol–water partition coefficient (Wildman–Crippen LogP) is 9.19. The van der Waals surface area contributed by atoms with Crippen molar-refractivity contribution in [3.63, 3.8) is 0 Å². The fourth-order valence-corrected chi connectivity index (χ4v) is 2.76. The number of unbranched alkanes of at least 4 members (excludes halogenated alkanes) is 9. The lowest BCUT2D eigenvalue weighted by Gasteiger charge is -2.33. The van der Waals surface area contributed by atoms with Gasteiger partial charge in [0, 0.05) is 12.8 Å². The van der Waals surface area contributed by atoms with E-state index in [1.165, 1.54) is 38.5 Å². The zero-order valence-corrected chi connectivity index (χ0v) is 21.1. The van der Waals surface area contributed by atoms with E-state index in [1.807, 2.05) is 0 Å². The van der Waals surface area contributed by atoms with Crippen molar-refractivity contribution in [2.24, 2.45) is 0 Å². The zero-order valence-electron chi connectivity index (χ0n) is 21.1. The van der Waals surface area contributed by atoms with Gasteiger partial charge in [-0.15, -0.1) is 0 Å². The van der Waals surface area contributed by atoms with Crippen LogP contribution in [0, 0.1) is 0 Å². The number of hydrogen-bond donors (Lipinski definition) is 0. The summed E-state index contributed by atoms with van der Waals surface area (Å²) in [5, 5.41) is 0. The molecule has 0 aliphatic carbocycles. The Labute approximate surface area is 190 Å². The highest BCUT2D eigenvalue weighted by atomic mass is 19.4. The minimum Gasteiger partial charge on any atom is -0.327 e. The van der Waals surface area contributed by atoms with Gasteiger partial charge in [-0.3, -0.25) is 0 Å². The highest BCUT2D eigenvalue weighted by molar-refractivity contribution is 4.61. The molecule has 31 heavy (non-hydrogen) atoms. The Morgan fingerprint density at radius 2 is 0.806 bits per heavy atom. The van der Waals surface area contributed by atoms with Gasteiger partial charge in [-0.1, -0.05) is 92.4 Å². The normalized spacial score (nSPS) is 12.0. The van der Waals surface area contributed by atoms with E-state index in [9.17, 15) is 13.2 Å². The second-order valence-electron chi connectivity index (χ2n) is 8.13. The molecule has 0 aliphatic heterocycles. The summed E-state index contributed by atoms with van der Waals surface area (Å²) in [7, 11) is 0. The van der Waals surface area contributed by atoms with Crippen LogP contribution in [0.15, 0.2) is 0 Å². The maximum absolute atomic E-state index is 10.8. The summed E-state index contributed by atoms with van der Waals surface area (Å²) in [4.78, 5) is 0. The van der Waals surface area contributed by atoms with Crippen molar-refractivity contribution in [3.8, 4) is 0 Å². The van der Waals surface area contributed by atoms with Gasteiger partial charge >= 0.3 is 6.18 Å². The van der Waals surface area contributed by atoms with Gasteiger partial charge in [0.15, 0.2) is 0 Å². The Morgan fingerprint density at radius 1 is 0.484 bits per heavy atom. The molecule has 0 aliphatic rings. The van der Waals surface area contributed by atoms with Crippen LogP contribution in [-0.4, -0.2) is 32.0 Å². The summed E-state index contributed by atoms with van der Waals surface area (Å²) in [6.45, 7) is 12.1. The Morgan fingerprint density at radius 3 is 1.13 bits per heavy atom. The van der Waals surface area contributed by atoms with Gasteiger partial charge in [0.05, 0.1) is 19.8 Å². The third-order valence-electron chi connectivity index (χ3n) is 4.95. The number of rotatable bonds is 20. The molecule has 0 spiro atoms. The molecule has 0 bridgehead atoms. The van der Waals surface area contributed by atoms with E-state index in [-0.39, 0.29) is 0 Å². The van der Waals surface area contributed by atoms with E-state index < -0.39 is 18.6 Å². The van der Waals surface area contributed by atoms with Crippen LogP contribution in [0.25, 0.3) is 0 Å². The minimum absolute atomic E-state index is 0.727. The van der Waals surface area contributed by atoms with Gasteiger partial charge in [0.25, 0.3) is 5.97 Å². The molecule has 0 aromatic rings. The monoisotopic (exact) mass is 456 g/mol. The van der Waals surface area contributed by atoms with Crippen molar-refractivity contribution < 1.29 is 27.4 Å². The zero-order chi connectivity index (χ0) is 23.8. The van der Waals surface area contributed by atoms with Crippen molar-refractivity contribution >= 4 is 0 Å². The van der Waals surface area contributed by atoms with E-state index in [0.717, 1.165) is 78.1 Å². The summed E-state index contributed by atoms with van der Waals surface area (Å²) in [6.07, 6.45) is 11.8. The van der Waals surface area contributed by atoms with Gasteiger partial charge in [-0.2, -0.15) is 13.2 Å². The lowest BCUT2D eigenvalue weighted by Crippen LogP contribution is -2.40. The van der Waals surface area contributed by atoms with Crippen LogP contribution in [0.3, 0.4) is 0 Å². The molecule has 0 heterocycles. The molecule has 3 nitrogen and oxygen atoms in total. The Kier molecular flexibility index (Phi) is 24.2. The summed E-state index contributed by atoms with van der Waals surface area (Å²) in [5.74, 6) is -0.803. The summed E-state index contributed by atoms with van der Waals surface area (Å²) >= 11 is 0. The van der Waals surface area contributed by atoms with Gasteiger partial charge in [-0.25, -0.2) is 0 Å². The first-order chi connectivity index (χ1) is 14.8. The highest BCUT2D eigenvalue weighted by Gasteiger charge is 2.32. The Hall–Kier alpha value is -0.330. The van der Waals surface area contributed by atoms with Crippen molar-refractivity contribution in [2.45, 2.75) is 143 Å². The molecule has 0 fully saturated rings. The molecule has 0 saturated heterocycles. The second-order valence-corrected chi connectivity index (χ2v) is 8.13. The third-order valence-corrected chi connectivity index (χ3v) is 4.95. The molecular formula is C25H51F3O3. The molecule has 0 rings (SSSR count). The van der Waals surface area contributed by atoms with E-state index in [2.05, 4.69) is 27.7 Å². The van der Waals surface area contributed by atoms with Gasteiger partial charge < -0.3 is 14.2 Å². The molecule has 0 aromatic heterocycles. The fraction of sp³-hybridized carbons (Fsp3) is 1.00. The summed E-state index contributed by atoms with van der Waals surface area (Å²) in [6, 6.07) is 0. The number of hydrogen-bond acceptors (Lipinski definition) is 3. The van der Waals surface area contributed by atoms with Crippen LogP contribution >= 0.6 is 0 Å². The van der Waals surface area contributed by atoms with E-state index >= 15 is 0 Å².